The minimum atomic E-state index is -1.89. The van der Waals surface area contributed by atoms with Gasteiger partial charge in [-0.2, -0.15) is 0 Å². The zero-order chi connectivity index (χ0) is 9.35. The molecular formula is C6H6Cl2N2O2. The number of allylic oxidation sites excluding steroid dienone is 2. The third-order valence-corrected chi connectivity index (χ3v) is 2.71. The Hall–Kier alpha value is -0.580. The third kappa shape index (κ3) is 1.22. The maximum Gasteiger partial charge on any atom is 0.349 e. The second-order valence-corrected chi connectivity index (χ2v) is 3.34. The number of hydrogen-bond donors (Lipinski definition) is 1. The summed E-state index contributed by atoms with van der Waals surface area (Å²) < 4.78 is 0. The number of alkyl halides is 1. The molecule has 6 heteroatoms. The number of nitrogens with two attached hydrogens (primary N) is 1. The van der Waals surface area contributed by atoms with Gasteiger partial charge in [0.1, 0.15) is 11.1 Å². The molecule has 12 heavy (non-hydrogen) atoms. The molecule has 66 valence electrons. The molecule has 1 aliphatic carbocycles. The lowest BCUT2D eigenvalue weighted by molar-refractivity contribution is -0.530. The largest absolute Gasteiger partial charge is 0.349 e. The van der Waals surface area contributed by atoms with Gasteiger partial charge >= 0.3 is 5.00 Å². The van der Waals surface area contributed by atoms with Gasteiger partial charge in [-0.15, -0.1) is 0 Å². The average molecular weight is 209 g/mol. The predicted octanol–water partition coefficient (Wildman–Crippen LogP) is 1.22. The van der Waals surface area contributed by atoms with Crippen molar-refractivity contribution in [2.24, 2.45) is 5.73 Å². The number of nitrogens with zero attached hydrogens (tertiary/aromatic N) is 1. The molecule has 1 aliphatic rings. The van der Waals surface area contributed by atoms with Crippen molar-refractivity contribution in [3.63, 3.8) is 0 Å². The molecule has 0 aromatic heterocycles. The molecular weight excluding hydrogens is 203 g/mol. The number of halogens is 2. The Morgan fingerprint density at radius 1 is 1.75 bits per heavy atom. The van der Waals surface area contributed by atoms with E-state index in [1.807, 2.05) is 0 Å². The van der Waals surface area contributed by atoms with Gasteiger partial charge in [0.25, 0.3) is 0 Å². The van der Waals surface area contributed by atoms with Crippen LogP contribution in [-0.2, 0) is 0 Å². The molecule has 2 N–H and O–H groups in total. The quantitative estimate of drug-likeness (QED) is 0.305. The van der Waals surface area contributed by atoms with Crippen LogP contribution >= 0.6 is 23.2 Å². The Bertz CT molecular complexity index is 277. The fourth-order valence-electron chi connectivity index (χ4n) is 0.872. The van der Waals surface area contributed by atoms with Gasteiger partial charge in [0.05, 0.1) is 4.92 Å². The maximum absolute atomic E-state index is 10.5. The van der Waals surface area contributed by atoms with Crippen LogP contribution in [0.15, 0.2) is 23.3 Å². The number of nitro groups is 1. The molecule has 0 spiro atoms. The van der Waals surface area contributed by atoms with E-state index in [0.717, 1.165) is 0 Å². The van der Waals surface area contributed by atoms with Gasteiger partial charge < -0.3 is 5.73 Å². The fourth-order valence-corrected chi connectivity index (χ4v) is 1.28. The summed E-state index contributed by atoms with van der Waals surface area (Å²) in [6.07, 6.45) is 4.33. The van der Waals surface area contributed by atoms with Crippen molar-refractivity contribution >= 4 is 23.2 Å². The highest BCUT2D eigenvalue weighted by molar-refractivity contribution is 6.39. The third-order valence-electron chi connectivity index (χ3n) is 1.60. The van der Waals surface area contributed by atoms with E-state index in [1.54, 1.807) is 0 Å². The zero-order valence-corrected chi connectivity index (χ0v) is 7.42. The molecule has 0 bridgehead atoms. The first-order valence-electron chi connectivity index (χ1n) is 3.13. The van der Waals surface area contributed by atoms with Gasteiger partial charge in [-0.05, 0) is 17.7 Å². The van der Waals surface area contributed by atoms with Crippen LogP contribution in [-0.4, -0.2) is 16.0 Å². The van der Waals surface area contributed by atoms with Crippen molar-refractivity contribution in [1.82, 2.24) is 0 Å². The number of rotatable bonds is 1. The second kappa shape index (κ2) is 3.05. The Balaban J connectivity index is 3.10. The SMILES string of the molecule is NC1C=CC=C(Cl)C1(Cl)[N+](=O)[O-]. The highest BCUT2D eigenvalue weighted by Gasteiger charge is 2.50. The average Bonchev–Trinajstić information content (AvgIpc) is 1.99. The van der Waals surface area contributed by atoms with Gasteiger partial charge in [0.15, 0.2) is 0 Å². The highest BCUT2D eigenvalue weighted by Crippen LogP contribution is 2.34. The van der Waals surface area contributed by atoms with Crippen molar-refractivity contribution in [1.29, 1.82) is 0 Å². The van der Waals surface area contributed by atoms with E-state index < -0.39 is 16.0 Å². The van der Waals surface area contributed by atoms with Crippen molar-refractivity contribution in [3.05, 3.63) is 33.4 Å². The molecule has 0 saturated carbocycles. The molecule has 0 radical (unpaired) electrons. The van der Waals surface area contributed by atoms with E-state index in [1.165, 1.54) is 18.2 Å². The Labute approximate surface area is 78.8 Å². The molecule has 0 fully saturated rings. The number of hydrogen-bond acceptors (Lipinski definition) is 3. The lowest BCUT2D eigenvalue weighted by Gasteiger charge is -2.23. The first kappa shape index (κ1) is 9.51. The van der Waals surface area contributed by atoms with Crippen molar-refractivity contribution in [2.45, 2.75) is 11.0 Å². The fraction of sp³-hybridized carbons (Fsp3) is 0.333. The summed E-state index contributed by atoms with van der Waals surface area (Å²) in [5.74, 6) is 0. The molecule has 0 aromatic carbocycles. The predicted molar refractivity (Wildman–Crippen MR) is 46.6 cm³/mol. The van der Waals surface area contributed by atoms with Crippen molar-refractivity contribution in [2.75, 3.05) is 0 Å². The summed E-state index contributed by atoms with van der Waals surface area (Å²) in [6.45, 7) is 0. The summed E-state index contributed by atoms with van der Waals surface area (Å²) in [6, 6.07) is -0.897. The highest BCUT2D eigenvalue weighted by atomic mass is 35.5. The van der Waals surface area contributed by atoms with Crippen LogP contribution in [0, 0.1) is 10.1 Å². The minimum Gasteiger partial charge on any atom is -0.317 e. The van der Waals surface area contributed by atoms with Gasteiger partial charge in [-0.1, -0.05) is 23.8 Å². The van der Waals surface area contributed by atoms with E-state index in [2.05, 4.69) is 0 Å². The molecule has 0 heterocycles. The molecule has 2 unspecified atom stereocenters. The zero-order valence-electron chi connectivity index (χ0n) is 5.91. The van der Waals surface area contributed by atoms with Crippen LogP contribution in [0.25, 0.3) is 0 Å². The second-order valence-electron chi connectivity index (χ2n) is 2.36. The molecule has 0 saturated heterocycles. The van der Waals surface area contributed by atoms with Crippen LogP contribution < -0.4 is 5.73 Å². The molecule has 0 aliphatic heterocycles. The van der Waals surface area contributed by atoms with Crippen LogP contribution in [0.3, 0.4) is 0 Å². The van der Waals surface area contributed by atoms with E-state index in [-0.39, 0.29) is 5.03 Å². The minimum absolute atomic E-state index is 0.0656. The monoisotopic (exact) mass is 208 g/mol. The molecule has 0 aromatic rings. The first-order chi connectivity index (χ1) is 5.49. The summed E-state index contributed by atoms with van der Waals surface area (Å²) >= 11 is 11.2. The molecule has 2 atom stereocenters. The van der Waals surface area contributed by atoms with Crippen LogP contribution in [0.2, 0.25) is 0 Å². The lowest BCUT2D eigenvalue weighted by atomic mass is 10.0. The summed E-state index contributed by atoms with van der Waals surface area (Å²) in [4.78, 5) is 7.95. The van der Waals surface area contributed by atoms with Crippen molar-refractivity contribution < 1.29 is 4.92 Å². The van der Waals surface area contributed by atoms with Gasteiger partial charge in [0, 0.05) is 0 Å². The maximum atomic E-state index is 10.5. The summed E-state index contributed by atoms with van der Waals surface area (Å²) in [5, 5.41) is 10.5. The van der Waals surface area contributed by atoms with Gasteiger partial charge in [0.2, 0.25) is 0 Å². The summed E-state index contributed by atoms with van der Waals surface area (Å²) in [7, 11) is 0. The standard InChI is InChI=1S/C6H6Cl2N2O2/c7-4-2-1-3-5(9)6(4,8)10(11)12/h1-3,5H,9H2. The topological polar surface area (TPSA) is 69.2 Å². The van der Waals surface area contributed by atoms with Crippen LogP contribution in [0.1, 0.15) is 0 Å². The Morgan fingerprint density at radius 3 is 2.67 bits per heavy atom. The van der Waals surface area contributed by atoms with E-state index in [9.17, 15) is 10.1 Å². The Morgan fingerprint density at radius 2 is 2.33 bits per heavy atom. The lowest BCUT2D eigenvalue weighted by Crippen LogP contribution is -2.49. The van der Waals surface area contributed by atoms with Gasteiger partial charge in [-0.3, -0.25) is 10.1 Å². The van der Waals surface area contributed by atoms with Crippen LogP contribution in [0.4, 0.5) is 0 Å². The molecule has 4 nitrogen and oxygen atoms in total. The van der Waals surface area contributed by atoms with Crippen LogP contribution in [0.5, 0.6) is 0 Å². The van der Waals surface area contributed by atoms with E-state index >= 15 is 0 Å². The first-order valence-corrected chi connectivity index (χ1v) is 3.88. The van der Waals surface area contributed by atoms with Crippen molar-refractivity contribution in [3.8, 4) is 0 Å². The van der Waals surface area contributed by atoms with E-state index in [0.29, 0.717) is 0 Å². The molecule has 1 rings (SSSR count). The van der Waals surface area contributed by atoms with E-state index in [4.69, 9.17) is 28.9 Å². The van der Waals surface area contributed by atoms with Gasteiger partial charge in [-0.25, -0.2) is 0 Å². The smallest absolute Gasteiger partial charge is 0.317 e. The summed E-state index contributed by atoms with van der Waals surface area (Å²) in [5.41, 5.74) is 5.42. The normalized spacial score (nSPS) is 34.6. The Kier molecular flexibility index (Phi) is 2.41. The molecule has 0 amide bonds.